The Bertz CT molecular complexity index is 979. The average molecular weight is 403 g/mol. The molecule has 6 nitrogen and oxygen atoms in total. The standard InChI is InChI=1S/C21H23ClN2O4/c1-12-9-13(2)23-20(25)16(12)10-24-7-5-14-3-4-17(19(22)18(14)21(24)26)28-15-6-8-27-11-15/h3-4,9,15H,5-8,10-11H2,1-2H3,(H,23,25). The molecule has 2 aliphatic rings. The van der Waals surface area contributed by atoms with Crippen LogP contribution in [0.25, 0.3) is 0 Å². The molecular weight excluding hydrogens is 380 g/mol. The number of aromatic nitrogens is 1. The lowest BCUT2D eigenvalue weighted by molar-refractivity contribution is 0.0725. The van der Waals surface area contributed by atoms with Crippen molar-refractivity contribution in [3.05, 3.63) is 61.5 Å². The van der Waals surface area contributed by atoms with Gasteiger partial charge < -0.3 is 19.4 Å². The third kappa shape index (κ3) is 3.54. The molecule has 1 aromatic heterocycles. The van der Waals surface area contributed by atoms with Gasteiger partial charge in [-0.3, -0.25) is 9.59 Å². The van der Waals surface area contributed by atoms with Gasteiger partial charge in [-0.1, -0.05) is 17.7 Å². The Labute approximate surface area is 168 Å². The van der Waals surface area contributed by atoms with E-state index < -0.39 is 0 Å². The highest BCUT2D eigenvalue weighted by molar-refractivity contribution is 6.35. The SMILES string of the molecule is Cc1cc(C)c(CN2CCc3ccc(OC4CCOC4)c(Cl)c3C2=O)c(=O)[nH]1. The van der Waals surface area contributed by atoms with E-state index >= 15 is 0 Å². The molecule has 0 bridgehead atoms. The van der Waals surface area contributed by atoms with Crippen LogP contribution in [0.1, 0.15) is 39.2 Å². The van der Waals surface area contributed by atoms with Crippen molar-refractivity contribution in [2.45, 2.75) is 39.3 Å². The number of nitrogens with zero attached hydrogens (tertiary/aromatic N) is 1. The van der Waals surface area contributed by atoms with Gasteiger partial charge in [0.15, 0.2) is 0 Å². The van der Waals surface area contributed by atoms with Crippen molar-refractivity contribution in [1.29, 1.82) is 0 Å². The summed E-state index contributed by atoms with van der Waals surface area (Å²) in [4.78, 5) is 30.0. The second-order valence-corrected chi connectivity index (χ2v) is 7.81. The number of carbonyl (C=O) groups excluding carboxylic acids is 1. The van der Waals surface area contributed by atoms with E-state index in [4.69, 9.17) is 21.1 Å². The van der Waals surface area contributed by atoms with Crippen LogP contribution in [-0.4, -0.2) is 41.7 Å². The molecule has 28 heavy (non-hydrogen) atoms. The number of halogens is 1. The Hall–Kier alpha value is -2.31. The van der Waals surface area contributed by atoms with E-state index in [1.54, 1.807) is 4.90 Å². The van der Waals surface area contributed by atoms with Gasteiger partial charge in [-0.25, -0.2) is 0 Å². The number of ether oxygens (including phenoxy) is 2. The maximum Gasteiger partial charge on any atom is 0.256 e. The molecule has 1 saturated heterocycles. The number of amides is 1. The number of carbonyl (C=O) groups is 1. The number of hydrogen-bond acceptors (Lipinski definition) is 4. The first-order chi connectivity index (χ1) is 13.4. The van der Waals surface area contributed by atoms with Gasteiger partial charge in [-0.05, 0) is 43.5 Å². The van der Waals surface area contributed by atoms with Gasteiger partial charge in [-0.15, -0.1) is 0 Å². The van der Waals surface area contributed by atoms with Crippen LogP contribution in [0.3, 0.4) is 0 Å². The fourth-order valence-electron chi connectivity index (χ4n) is 3.85. The smallest absolute Gasteiger partial charge is 0.256 e. The van der Waals surface area contributed by atoms with Crippen molar-refractivity contribution in [2.24, 2.45) is 0 Å². The minimum atomic E-state index is -0.168. The van der Waals surface area contributed by atoms with E-state index in [0.29, 0.717) is 48.1 Å². The van der Waals surface area contributed by atoms with Crippen LogP contribution >= 0.6 is 11.6 Å². The number of nitrogens with one attached hydrogen (secondary N) is 1. The second kappa shape index (κ2) is 7.60. The lowest BCUT2D eigenvalue weighted by atomic mass is 9.97. The molecule has 0 aliphatic carbocycles. The second-order valence-electron chi connectivity index (χ2n) is 7.44. The zero-order valence-electron chi connectivity index (χ0n) is 16.0. The van der Waals surface area contributed by atoms with Crippen molar-refractivity contribution in [1.82, 2.24) is 9.88 Å². The summed E-state index contributed by atoms with van der Waals surface area (Å²) in [5.74, 6) is 0.342. The van der Waals surface area contributed by atoms with E-state index in [1.807, 2.05) is 32.0 Å². The van der Waals surface area contributed by atoms with Crippen LogP contribution in [-0.2, 0) is 17.7 Å². The molecule has 4 rings (SSSR count). The maximum absolute atomic E-state index is 13.2. The van der Waals surface area contributed by atoms with Crippen LogP contribution in [0.5, 0.6) is 5.75 Å². The van der Waals surface area contributed by atoms with Gasteiger partial charge in [0.2, 0.25) is 0 Å². The summed E-state index contributed by atoms with van der Waals surface area (Å²) in [6, 6.07) is 5.66. The predicted octanol–water partition coefficient (Wildman–Crippen LogP) is 3.01. The summed E-state index contributed by atoms with van der Waals surface area (Å²) < 4.78 is 11.3. The van der Waals surface area contributed by atoms with E-state index in [9.17, 15) is 9.59 Å². The minimum absolute atomic E-state index is 0.0425. The number of aromatic amines is 1. The summed E-state index contributed by atoms with van der Waals surface area (Å²) in [6.45, 7) is 5.75. The van der Waals surface area contributed by atoms with Gasteiger partial charge in [0.25, 0.3) is 11.5 Å². The fourth-order valence-corrected chi connectivity index (χ4v) is 4.16. The Kier molecular flexibility index (Phi) is 5.17. The largest absolute Gasteiger partial charge is 0.486 e. The molecule has 1 amide bonds. The summed E-state index contributed by atoms with van der Waals surface area (Å²) in [5, 5.41) is 0.341. The quantitative estimate of drug-likeness (QED) is 0.853. The number of fused-ring (bicyclic) bond motifs is 1. The molecule has 7 heteroatoms. The van der Waals surface area contributed by atoms with E-state index in [-0.39, 0.29) is 24.1 Å². The fraction of sp³-hybridized carbons (Fsp3) is 0.429. The summed E-state index contributed by atoms with van der Waals surface area (Å²) in [5.41, 5.74) is 3.53. The van der Waals surface area contributed by atoms with E-state index in [0.717, 1.165) is 23.2 Å². The normalized spacial score (nSPS) is 19.0. The number of H-pyrrole nitrogens is 1. The molecule has 2 aliphatic heterocycles. The van der Waals surface area contributed by atoms with E-state index in [1.165, 1.54) is 0 Å². The highest BCUT2D eigenvalue weighted by atomic mass is 35.5. The first-order valence-corrected chi connectivity index (χ1v) is 9.86. The van der Waals surface area contributed by atoms with Crippen molar-refractivity contribution >= 4 is 17.5 Å². The molecule has 148 valence electrons. The maximum atomic E-state index is 13.2. The first kappa shape index (κ1) is 19.0. The summed E-state index contributed by atoms with van der Waals surface area (Å²) in [7, 11) is 0. The summed E-state index contributed by atoms with van der Waals surface area (Å²) >= 11 is 6.57. The van der Waals surface area contributed by atoms with Crippen molar-refractivity contribution in [3.63, 3.8) is 0 Å². The van der Waals surface area contributed by atoms with Crippen LogP contribution in [0.15, 0.2) is 23.0 Å². The third-order valence-corrected chi connectivity index (χ3v) is 5.74. The van der Waals surface area contributed by atoms with Gasteiger partial charge in [0.05, 0.1) is 30.3 Å². The van der Waals surface area contributed by atoms with Crippen molar-refractivity contribution in [2.75, 3.05) is 19.8 Å². The molecule has 0 saturated carbocycles. The minimum Gasteiger partial charge on any atom is -0.486 e. The Morgan fingerprint density at radius 1 is 1.32 bits per heavy atom. The Morgan fingerprint density at radius 2 is 2.14 bits per heavy atom. The Balaban J connectivity index is 1.61. The lowest BCUT2D eigenvalue weighted by Gasteiger charge is -2.30. The third-order valence-electron chi connectivity index (χ3n) is 5.37. The predicted molar refractivity (Wildman–Crippen MR) is 106 cm³/mol. The zero-order chi connectivity index (χ0) is 19.8. The molecule has 0 radical (unpaired) electrons. The number of aryl methyl sites for hydroxylation is 2. The number of rotatable bonds is 4. The molecule has 3 heterocycles. The van der Waals surface area contributed by atoms with Gasteiger partial charge in [0, 0.05) is 24.2 Å². The molecule has 0 spiro atoms. The van der Waals surface area contributed by atoms with Gasteiger partial charge in [0.1, 0.15) is 11.9 Å². The Morgan fingerprint density at radius 3 is 2.86 bits per heavy atom. The molecular formula is C21H23ClN2O4. The van der Waals surface area contributed by atoms with Crippen molar-refractivity contribution < 1.29 is 14.3 Å². The summed E-state index contributed by atoms with van der Waals surface area (Å²) in [6.07, 6.45) is 1.46. The molecule has 1 fully saturated rings. The number of hydrogen-bond donors (Lipinski definition) is 1. The first-order valence-electron chi connectivity index (χ1n) is 9.48. The highest BCUT2D eigenvalue weighted by Crippen LogP contribution is 2.35. The molecule has 1 N–H and O–H groups in total. The van der Waals surface area contributed by atoms with Gasteiger partial charge >= 0.3 is 0 Å². The van der Waals surface area contributed by atoms with Gasteiger partial charge in [-0.2, -0.15) is 0 Å². The topological polar surface area (TPSA) is 71.6 Å². The molecule has 1 atom stereocenters. The van der Waals surface area contributed by atoms with E-state index in [2.05, 4.69) is 4.98 Å². The molecule has 1 unspecified atom stereocenters. The molecule has 2 aromatic rings. The lowest BCUT2D eigenvalue weighted by Crippen LogP contribution is -2.39. The number of pyridine rings is 1. The highest BCUT2D eigenvalue weighted by Gasteiger charge is 2.30. The van der Waals surface area contributed by atoms with Crippen LogP contribution in [0.4, 0.5) is 0 Å². The van der Waals surface area contributed by atoms with Crippen LogP contribution in [0.2, 0.25) is 5.02 Å². The molecule has 1 aromatic carbocycles. The van der Waals surface area contributed by atoms with Crippen LogP contribution in [0, 0.1) is 13.8 Å². The average Bonchev–Trinajstić information content (AvgIpc) is 3.15. The number of benzene rings is 1. The monoisotopic (exact) mass is 402 g/mol. The van der Waals surface area contributed by atoms with Crippen LogP contribution < -0.4 is 10.3 Å². The van der Waals surface area contributed by atoms with Crippen molar-refractivity contribution in [3.8, 4) is 5.75 Å². The zero-order valence-corrected chi connectivity index (χ0v) is 16.8.